The first-order valence-corrected chi connectivity index (χ1v) is 9.09. The van der Waals surface area contributed by atoms with Crippen molar-refractivity contribution in [2.75, 3.05) is 7.11 Å². The highest BCUT2D eigenvalue weighted by molar-refractivity contribution is 5.78. The van der Waals surface area contributed by atoms with E-state index in [1.165, 1.54) is 0 Å². The van der Waals surface area contributed by atoms with Crippen LogP contribution in [-0.2, 0) is 11.2 Å². The molecule has 4 rings (SSSR count). The lowest BCUT2D eigenvalue weighted by Crippen LogP contribution is -2.21. The molecule has 1 unspecified atom stereocenters. The predicted molar refractivity (Wildman–Crippen MR) is 102 cm³/mol. The number of methoxy groups -OCH3 is 1. The van der Waals surface area contributed by atoms with Gasteiger partial charge in [-0.15, -0.1) is 0 Å². The molecule has 1 amide bonds. The number of para-hydroxylation sites is 2. The van der Waals surface area contributed by atoms with Crippen LogP contribution < -0.4 is 10.1 Å². The maximum atomic E-state index is 11.7. The molecule has 6 heteroatoms. The highest BCUT2D eigenvalue weighted by Gasteiger charge is 2.28. The maximum absolute atomic E-state index is 11.7. The van der Waals surface area contributed by atoms with Crippen LogP contribution in [0.2, 0.25) is 0 Å². The van der Waals surface area contributed by atoms with Gasteiger partial charge in [-0.1, -0.05) is 36.4 Å². The van der Waals surface area contributed by atoms with Crippen molar-refractivity contribution in [3.8, 4) is 11.4 Å². The van der Waals surface area contributed by atoms with Crippen molar-refractivity contribution in [1.29, 1.82) is 0 Å². The minimum absolute atomic E-state index is 0.0608. The van der Waals surface area contributed by atoms with E-state index >= 15 is 0 Å². The molecule has 0 aliphatic carbocycles. The second-order valence-electron chi connectivity index (χ2n) is 6.73. The molecule has 1 atom stereocenters. The summed E-state index contributed by atoms with van der Waals surface area (Å²) in [5, 5.41) is 7.79. The normalized spacial score (nSPS) is 16.4. The van der Waals surface area contributed by atoms with E-state index in [-0.39, 0.29) is 11.9 Å². The van der Waals surface area contributed by atoms with Crippen molar-refractivity contribution in [1.82, 2.24) is 20.1 Å². The number of hydrogen-bond donors (Lipinski definition) is 1. The molecular weight excluding hydrogens is 340 g/mol. The first-order valence-electron chi connectivity index (χ1n) is 9.09. The summed E-state index contributed by atoms with van der Waals surface area (Å²) in [5.74, 6) is 2.37. The van der Waals surface area contributed by atoms with Crippen molar-refractivity contribution in [2.24, 2.45) is 0 Å². The molecule has 6 nitrogen and oxygen atoms in total. The largest absolute Gasteiger partial charge is 0.496 e. The number of carbonyl (C=O) groups is 1. The van der Waals surface area contributed by atoms with Crippen LogP contribution in [0.5, 0.6) is 5.75 Å². The van der Waals surface area contributed by atoms with Crippen LogP contribution in [0.4, 0.5) is 0 Å². The highest BCUT2D eigenvalue weighted by atomic mass is 16.5. The Bertz CT molecular complexity index is 980. The van der Waals surface area contributed by atoms with Crippen LogP contribution in [0, 0.1) is 6.92 Å². The Hall–Kier alpha value is -3.15. The molecule has 27 heavy (non-hydrogen) atoms. The van der Waals surface area contributed by atoms with Crippen LogP contribution in [0.25, 0.3) is 5.69 Å². The van der Waals surface area contributed by atoms with Gasteiger partial charge in [0, 0.05) is 18.4 Å². The first kappa shape index (κ1) is 17.3. The molecule has 0 spiro atoms. The van der Waals surface area contributed by atoms with Crippen molar-refractivity contribution in [3.05, 3.63) is 71.3 Å². The van der Waals surface area contributed by atoms with Gasteiger partial charge in [0.25, 0.3) is 0 Å². The molecule has 1 aromatic heterocycles. The fourth-order valence-corrected chi connectivity index (χ4v) is 3.47. The number of hydrogen-bond acceptors (Lipinski definition) is 4. The third-order valence-corrected chi connectivity index (χ3v) is 4.87. The third-order valence-electron chi connectivity index (χ3n) is 4.87. The van der Waals surface area contributed by atoms with Gasteiger partial charge in [-0.25, -0.2) is 9.67 Å². The van der Waals surface area contributed by atoms with Crippen LogP contribution in [0.15, 0.2) is 48.5 Å². The van der Waals surface area contributed by atoms with Crippen LogP contribution in [0.1, 0.15) is 41.7 Å². The minimum atomic E-state index is -0.115. The zero-order valence-corrected chi connectivity index (χ0v) is 15.5. The van der Waals surface area contributed by atoms with Gasteiger partial charge in [-0.2, -0.15) is 5.10 Å². The van der Waals surface area contributed by atoms with E-state index in [9.17, 15) is 4.79 Å². The van der Waals surface area contributed by atoms with Gasteiger partial charge < -0.3 is 10.1 Å². The first-order chi connectivity index (χ1) is 13.2. The van der Waals surface area contributed by atoms with Crippen molar-refractivity contribution < 1.29 is 9.53 Å². The smallest absolute Gasteiger partial charge is 0.220 e. The molecule has 1 aliphatic rings. The molecule has 1 fully saturated rings. The Morgan fingerprint density at radius 1 is 1.19 bits per heavy atom. The fourth-order valence-electron chi connectivity index (χ4n) is 3.47. The van der Waals surface area contributed by atoms with Gasteiger partial charge in [-0.3, -0.25) is 4.79 Å². The van der Waals surface area contributed by atoms with Crippen molar-refractivity contribution in [2.45, 2.75) is 32.2 Å². The summed E-state index contributed by atoms with van der Waals surface area (Å²) >= 11 is 0. The summed E-state index contributed by atoms with van der Waals surface area (Å²) in [6.45, 7) is 2.05. The van der Waals surface area contributed by atoms with Gasteiger partial charge >= 0.3 is 0 Å². The van der Waals surface area contributed by atoms with E-state index in [0.717, 1.165) is 34.8 Å². The molecular formula is C21H22N4O2. The number of aryl methyl sites for hydroxylation is 1. The number of nitrogens with one attached hydrogen (secondary N) is 1. The number of benzene rings is 2. The molecule has 1 saturated heterocycles. The Balaban J connectivity index is 1.76. The zero-order valence-electron chi connectivity index (χ0n) is 15.5. The Kier molecular flexibility index (Phi) is 4.62. The van der Waals surface area contributed by atoms with Gasteiger partial charge in [0.1, 0.15) is 5.75 Å². The molecule has 1 aliphatic heterocycles. The second kappa shape index (κ2) is 7.23. The lowest BCUT2D eigenvalue weighted by atomic mass is 10.1. The SMILES string of the molecule is COc1ccccc1Cc1nc(C2CCC(=O)N2)n(-c2ccccc2C)n1. The van der Waals surface area contributed by atoms with Crippen molar-refractivity contribution >= 4 is 5.91 Å². The van der Waals surface area contributed by atoms with E-state index < -0.39 is 0 Å². The summed E-state index contributed by atoms with van der Waals surface area (Å²) in [7, 11) is 1.66. The summed E-state index contributed by atoms with van der Waals surface area (Å²) in [4.78, 5) is 16.5. The van der Waals surface area contributed by atoms with Crippen LogP contribution in [0.3, 0.4) is 0 Å². The number of carbonyl (C=O) groups excluding carboxylic acids is 1. The minimum Gasteiger partial charge on any atom is -0.496 e. The number of ether oxygens (including phenoxy) is 1. The number of amides is 1. The summed E-state index contributed by atoms with van der Waals surface area (Å²) in [6, 6.07) is 15.8. The quantitative estimate of drug-likeness (QED) is 0.757. The molecule has 3 aromatic rings. The average Bonchev–Trinajstić information content (AvgIpc) is 3.29. The van der Waals surface area contributed by atoms with Gasteiger partial charge in [0.15, 0.2) is 11.6 Å². The lowest BCUT2D eigenvalue weighted by Gasteiger charge is -2.13. The van der Waals surface area contributed by atoms with Crippen LogP contribution >= 0.6 is 0 Å². The molecule has 1 N–H and O–H groups in total. The fraction of sp³-hybridized carbons (Fsp3) is 0.286. The topological polar surface area (TPSA) is 69.0 Å². The van der Waals surface area contributed by atoms with Crippen molar-refractivity contribution in [3.63, 3.8) is 0 Å². The monoisotopic (exact) mass is 362 g/mol. The molecule has 0 saturated carbocycles. The molecule has 138 valence electrons. The van der Waals surface area contributed by atoms with E-state index in [1.54, 1.807) is 7.11 Å². The van der Waals surface area contributed by atoms with E-state index in [1.807, 2.05) is 60.1 Å². The standard InChI is InChI=1S/C21H22N4O2/c1-14-7-3-5-9-17(14)25-21(16-11-12-20(26)22-16)23-19(24-25)13-15-8-4-6-10-18(15)27-2/h3-10,16H,11-13H2,1-2H3,(H,22,26). The number of rotatable bonds is 5. The molecule has 0 radical (unpaired) electrons. The third kappa shape index (κ3) is 3.43. The zero-order chi connectivity index (χ0) is 18.8. The average molecular weight is 362 g/mol. The molecule has 0 bridgehead atoms. The molecule has 2 heterocycles. The van der Waals surface area contributed by atoms with Crippen LogP contribution in [-0.4, -0.2) is 27.8 Å². The number of aromatic nitrogens is 3. The Labute approximate surface area is 158 Å². The van der Waals surface area contributed by atoms with E-state index in [4.69, 9.17) is 14.8 Å². The summed E-state index contributed by atoms with van der Waals surface area (Å²) in [5.41, 5.74) is 3.12. The highest BCUT2D eigenvalue weighted by Crippen LogP contribution is 2.27. The predicted octanol–water partition coefficient (Wildman–Crippen LogP) is 3.13. The lowest BCUT2D eigenvalue weighted by molar-refractivity contribution is -0.119. The number of nitrogens with zero attached hydrogens (tertiary/aromatic N) is 3. The second-order valence-corrected chi connectivity index (χ2v) is 6.73. The van der Waals surface area contributed by atoms with E-state index in [0.29, 0.717) is 18.7 Å². The van der Waals surface area contributed by atoms with E-state index in [2.05, 4.69) is 5.32 Å². The summed E-state index contributed by atoms with van der Waals surface area (Å²) in [6.07, 6.45) is 1.82. The summed E-state index contributed by atoms with van der Waals surface area (Å²) < 4.78 is 7.32. The van der Waals surface area contributed by atoms with Gasteiger partial charge in [-0.05, 0) is 31.0 Å². The molecule has 2 aromatic carbocycles. The maximum Gasteiger partial charge on any atom is 0.220 e. The Morgan fingerprint density at radius 3 is 2.70 bits per heavy atom. The van der Waals surface area contributed by atoms with Gasteiger partial charge in [0.2, 0.25) is 5.91 Å². The Morgan fingerprint density at radius 2 is 1.96 bits per heavy atom. The van der Waals surface area contributed by atoms with Gasteiger partial charge in [0.05, 0.1) is 18.8 Å².